The van der Waals surface area contributed by atoms with Crippen molar-refractivity contribution in [1.82, 2.24) is 30.3 Å². The van der Waals surface area contributed by atoms with Gasteiger partial charge in [-0.1, -0.05) is 0 Å². The number of H-pyrrole nitrogens is 1. The molecule has 10 nitrogen and oxygen atoms in total. The van der Waals surface area contributed by atoms with Gasteiger partial charge in [-0.2, -0.15) is 5.10 Å². The summed E-state index contributed by atoms with van der Waals surface area (Å²) in [4.78, 5) is 31.8. The van der Waals surface area contributed by atoms with Crippen molar-refractivity contribution in [1.29, 1.82) is 0 Å². The van der Waals surface area contributed by atoms with E-state index in [2.05, 4.69) is 25.4 Å². The van der Waals surface area contributed by atoms with Gasteiger partial charge in [0, 0.05) is 35.3 Å². The summed E-state index contributed by atoms with van der Waals surface area (Å²) in [5.74, 6) is -0.249. The number of likely N-dealkylation sites (tertiary alicyclic amines) is 2. The number of hydrogen-bond acceptors (Lipinski definition) is 7. The molecule has 0 bridgehead atoms. The van der Waals surface area contributed by atoms with Gasteiger partial charge in [-0.15, -0.1) is 0 Å². The first-order chi connectivity index (χ1) is 20.0. The van der Waals surface area contributed by atoms with E-state index in [4.69, 9.17) is 9.47 Å². The van der Waals surface area contributed by atoms with Gasteiger partial charge in [-0.3, -0.25) is 19.6 Å². The third-order valence-corrected chi connectivity index (χ3v) is 9.97. The zero-order chi connectivity index (χ0) is 28.5. The SMILES string of the molecule is COc1cc(-c2cc(C(=O)N3CCCCC34CC4)[nH]n2)c(F)cn1.O=CNC1CCC2(CCCN2C2COC2)CC1. The minimum Gasteiger partial charge on any atom is -0.481 e. The van der Waals surface area contributed by atoms with Gasteiger partial charge in [0.1, 0.15) is 5.69 Å². The molecule has 3 saturated heterocycles. The molecule has 2 N–H and O–H groups in total. The maximum absolute atomic E-state index is 14.0. The monoisotopic (exact) mass is 568 g/mol. The quantitative estimate of drug-likeness (QED) is 0.511. The van der Waals surface area contributed by atoms with Gasteiger partial charge >= 0.3 is 0 Å². The van der Waals surface area contributed by atoms with Crippen LogP contribution in [0.4, 0.5) is 4.39 Å². The Bertz CT molecular complexity index is 1240. The molecule has 0 atom stereocenters. The molecule has 2 aromatic heterocycles. The van der Waals surface area contributed by atoms with Crippen molar-refractivity contribution >= 4 is 12.3 Å². The Morgan fingerprint density at radius 3 is 2.56 bits per heavy atom. The van der Waals surface area contributed by atoms with Crippen molar-refractivity contribution in [3.8, 4) is 17.1 Å². The number of aromatic amines is 1. The molecule has 0 unspecified atom stereocenters. The summed E-state index contributed by atoms with van der Waals surface area (Å²) < 4.78 is 24.4. The van der Waals surface area contributed by atoms with Crippen molar-refractivity contribution in [2.24, 2.45) is 0 Å². The first-order valence-electron chi connectivity index (χ1n) is 15.1. The Morgan fingerprint density at radius 1 is 1.10 bits per heavy atom. The molecule has 5 fully saturated rings. The first-order valence-corrected chi connectivity index (χ1v) is 15.1. The summed E-state index contributed by atoms with van der Waals surface area (Å²) in [6.45, 7) is 3.89. The van der Waals surface area contributed by atoms with E-state index in [1.165, 1.54) is 51.8 Å². The highest BCUT2D eigenvalue weighted by Gasteiger charge is 2.51. The van der Waals surface area contributed by atoms with Crippen LogP contribution in [-0.4, -0.2) is 93.9 Å². The summed E-state index contributed by atoms with van der Waals surface area (Å²) in [7, 11) is 1.47. The number of hydrogen-bond donors (Lipinski definition) is 2. The van der Waals surface area contributed by atoms with Gasteiger partial charge in [0.25, 0.3) is 5.91 Å². The Morgan fingerprint density at radius 2 is 1.88 bits per heavy atom. The van der Waals surface area contributed by atoms with Crippen LogP contribution >= 0.6 is 0 Å². The Kier molecular flexibility index (Phi) is 8.00. The van der Waals surface area contributed by atoms with E-state index in [-0.39, 0.29) is 17.0 Å². The van der Waals surface area contributed by atoms with Gasteiger partial charge in [0.05, 0.1) is 38.3 Å². The topological polar surface area (TPSA) is 113 Å². The van der Waals surface area contributed by atoms with Crippen LogP contribution in [0, 0.1) is 5.82 Å². The summed E-state index contributed by atoms with van der Waals surface area (Å²) in [5, 5.41) is 9.81. The van der Waals surface area contributed by atoms with Crippen molar-refractivity contribution in [2.75, 3.05) is 33.4 Å². The summed E-state index contributed by atoms with van der Waals surface area (Å²) in [6.07, 6.45) is 14.9. The van der Waals surface area contributed by atoms with E-state index >= 15 is 0 Å². The zero-order valence-corrected chi connectivity index (χ0v) is 23.9. The molecule has 222 valence electrons. The number of nitrogens with zero attached hydrogens (tertiary/aromatic N) is 4. The molecule has 5 heterocycles. The Labute approximate surface area is 240 Å². The van der Waals surface area contributed by atoms with Gasteiger partial charge in [0.15, 0.2) is 5.82 Å². The van der Waals surface area contributed by atoms with Gasteiger partial charge in [-0.05, 0) is 83.2 Å². The van der Waals surface area contributed by atoms with Crippen LogP contribution in [-0.2, 0) is 9.53 Å². The average molecular weight is 569 g/mol. The van der Waals surface area contributed by atoms with Crippen LogP contribution in [0.15, 0.2) is 18.3 Å². The molecule has 2 spiro atoms. The van der Waals surface area contributed by atoms with Crippen molar-refractivity contribution in [3.63, 3.8) is 0 Å². The van der Waals surface area contributed by atoms with E-state index < -0.39 is 5.82 Å². The molecule has 0 radical (unpaired) electrons. The minimum atomic E-state index is -0.502. The number of methoxy groups -OCH3 is 1. The molecular formula is C30H41FN6O4. The van der Waals surface area contributed by atoms with E-state index in [1.807, 2.05) is 4.90 Å². The number of halogens is 1. The number of amides is 2. The minimum absolute atomic E-state index is 0.0487. The number of aromatic nitrogens is 3. The van der Waals surface area contributed by atoms with Crippen molar-refractivity contribution in [3.05, 3.63) is 29.8 Å². The second-order valence-electron chi connectivity index (χ2n) is 12.3. The molecule has 41 heavy (non-hydrogen) atoms. The molecule has 3 aliphatic heterocycles. The third kappa shape index (κ3) is 5.58. The molecule has 2 aliphatic carbocycles. The highest BCUT2D eigenvalue weighted by molar-refractivity contribution is 5.94. The average Bonchev–Trinajstić information content (AvgIpc) is 3.37. The maximum Gasteiger partial charge on any atom is 0.272 e. The predicted octanol–water partition coefficient (Wildman–Crippen LogP) is 3.69. The molecule has 11 heteroatoms. The fourth-order valence-electron chi connectivity index (χ4n) is 7.41. The number of piperidine rings is 1. The lowest BCUT2D eigenvalue weighted by Crippen LogP contribution is -2.58. The van der Waals surface area contributed by atoms with Gasteiger partial charge in [-0.25, -0.2) is 9.37 Å². The van der Waals surface area contributed by atoms with Crippen LogP contribution in [0.25, 0.3) is 11.3 Å². The summed E-state index contributed by atoms with van der Waals surface area (Å²) >= 11 is 0. The van der Waals surface area contributed by atoms with Crippen LogP contribution in [0.5, 0.6) is 5.88 Å². The zero-order valence-electron chi connectivity index (χ0n) is 23.9. The highest BCUT2D eigenvalue weighted by Crippen LogP contribution is 2.49. The number of ether oxygens (including phenoxy) is 2. The number of pyridine rings is 1. The normalized spacial score (nSPS) is 27.2. The first kappa shape index (κ1) is 28.1. The fourth-order valence-corrected chi connectivity index (χ4v) is 7.41. The largest absolute Gasteiger partial charge is 0.481 e. The number of carbonyl (C=O) groups excluding carboxylic acids is 2. The standard InChI is InChI=1S/C17H19FN4O2.C13H22N2O2/c1-24-15-8-11(12(18)10-19-15)13-9-14(21-20-13)16(23)22-7-3-2-4-17(22)5-6-17;16-10-14-11-2-5-13(6-3-11)4-1-7-15(13)12-8-17-9-12/h8-10H,2-7H2,1H3,(H,20,21);10-12H,1-9H2,(H,14,16). The smallest absolute Gasteiger partial charge is 0.272 e. The van der Waals surface area contributed by atoms with E-state index in [9.17, 15) is 14.0 Å². The highest BCUT2D eigenvalue weighted by atomic mass is 19.1. The van der Waals surface area contributed by atoms with Crippen LogP contribution in [0.3, 0.4) is 0 Å². The fraction of sp³-hybridized carbons (Fsp3) is 0.667. The van der Waals surface area contributed by atoms with E-state index in [0.717, 1.165) is 70.9 Å². The molecule has 0 aromatic carbocycles. The summed E-state index contributed by atoms with van der Waals surface area (Å²) in [5.41, 5.74) is 1.53. The maximum atomic E-state index is 14.0. The van der Waals surface area contributed by atoms with Crippen molar-refractivity contribution in [2.45, 2.75) is 93.8 Å². The summed E-state index contributed by atoms with van der Waals surface area (Å²) in [6, 6.07) is 4.17. The third-order valence-electron chi connectivity index (χ3n) is 9.97. The van der Waals surface area contributed by atoms with Crippen molar-refractivity contribution < 1.29 is 23.5 Å². The molecule has 7 rings (SSSR count). The molecule has 2 amide bonds. The van der Waals surface area contributed by atoms with Gasteiger partial charge < -0.3 is 19.7 Å². The van der Waals surface area contributed by atoms with Crippen LogP contribution in [0.1, 0.15) is 81.1 Å². The molecule has 2 aromatic rings. The second-order valence-corrected chi connectivity index (χ2v) is 12.3. The predicted molar refractivity (Wildman–Crippen MR) is 150 cm³/mol. The molecule has 2 saturated carbocycles. The lowest BCUT2D eigenvalue weighted by molar-refractivity contribution is -0.111. The van der Waals surface area contributed by atoms with Gasteiger partial charge in [0.2, 0.25) is 12.3 Å². The lowest BCUT2D eigenvalue weighted by atomic mass is 9.77. The number of carbonyl (C=O) groups is 2. The van der Waals surface area contributed by atoms with E-state index in [1.54, 1.807) is 6.07 Å². The van der Waals surface area contributed by atoms with Crippen LogP contribution in [0.2, 0.25) is 0 Å². The van der Waals surface area contributed by atoms with Crippen LogP contribution < -0.4 is 10.1 Å². The van der Waals surface area contributed by atoms with E-state index in [0.29, 0.717) is 34.9 Å². The number of nitrogens with one attached hydrogen (secondary N) is 2. The lowest BCUT2D eigenvalue weighted by Gasteiger charge is -2.49. The number of rotatable bonds is 6. The second kappa shape index (κ2) is 11.7. The molecular weight excluding hydrogens is 527 g/mol. The molecule has 5 aliphatic rings. The Hall–Kier alpha value is -3.05. The Balaban J connectivity index is 0.000000156.